The summed E-state index contributed by atoms with van der Waals surface area (Å²) < 4.78 is 7.26. The molecule has 1 amide bonds. The average molecular weight is 238 g/mol. The predicted molar refractivity (Wildman–Crippen MR) is 62.2 cm³/mol. The Morgan fingerprint density at radius 3 is 3.18 bits per heavy atom. The van der Waals surface area contributed by atoms with Crippen LogP contribution in [0.5, 0.6) is 0 Å². The highest BCUT2D eigenvalue weighted by Gasteiger charge is 2.24. The highest BCUT2D eigenvalue weighted by atomic mass is 16.5. The van der Waals surface area contributed by atoms with Crippen molar-refractivity contribution in [2.24, 2.45) is 5.73 Å². The molecular formula is C11H18N4O2. The van der Waals surface area contributed by atoms with Crippen LogP contribution in [0, 0.1) is 0 Å². The summed E-state index contributed by atoms with van der Waals surface area (Å²) in [5.41, 5.74) is 6.15. The van der Waals surface area contributed by atoms with Gasteiger partial charge in [0.15, 0.2) is 0 Å². The summed E-state index contributed by atoms with van der Waals surface area (Å²) >= 11 is 0. The zero-order valence-electron chi connectivity index (χ0n) is 9.76. The van der Waals surface area contributed by atoms with Gasteiger partial charge in [0, 0.05) is 25.3 Å². The standard InChI is InChI=1S/C11H18N4O2/c12-11(16)7-17-4-3-13-5-10-6-14-8-15(10)9-1-2-9/h6,8-9,13H,1-5,7H2,(H2,12,16). The number of nitrogens with two attached hydrogens (primary N) is 1. The zero-order chi connectivity index (χ0) is 12.1. The van der Waals surface area contributed by atoms with Crippen LogP contribution in [-0.2, 0) is 16.1 Å². The first-order chi connectivity index (χ1) is 8.27. The molecule has 17 heavy (non-hydrogen) atoms. The zero-order valence-corrected chi connectivity index (χ0v) is 9.76. The second-order valence-electron chi connectivity index (χ2n) is 4.22. The largest absolute Gasteiger partial charge is 0.370 e. The molecule has 94 valence electrons. The number of imidazole rings is 1. The van der Waals surface area contributed by atoms with Crippen molar-refractivity contribution in [3.63, 3.8) is 0 Å². The van der Waals surface area contributed by atoms with Gasteiger partial charge in [0.2, 0.25) is 5.91 Å². The fraction of sp³-hybridized carbons (Fsp3) is 0.636. The van der Waals surface area contributed by atoms with Gasteiger partial charge < -0.3 is 20.4 Å². The van der Waals surface area contributed by atoms with E-state index in [9.17, 15) is 4.79 Å². The number of hydrogen-bond donors (Lipinski definition) is 2. The van der Waals surface area contributed by atoms with Crippen molar-refractivity contribution < 1.29 is 9.53 Å². The van der Waals surface area contributed by atoms with Crippen molar-refractivity contribution in [1.82, 2.24) is 14.9 Å². The quantitative estimate of drug-likeness (QED) is 0.615. The molecule has 0 aromatic carbocycles. The smallest absolute Gasteiger partial charge is 0.243 e. The first kappa shape index (κ1) is 12.1. The van der Waals surface area contributed by atoms with Gasteiger partial charge in [-0.1, -0.05) is 0 Å². The topological polar surface area (TPSA) is 82.2 Å². The van der Waals surface area contributed by atoms with Gasteiger partial charge in [-0.25, -0.2) is 4.98 Å². The van der Waals surface area contributed by atoms with Gasteiger partial charge in [0.05, 0.1) is 18.6 Å². The van der Waals surface area contributed by atoms with E-state index in [1.807, 2.05) is 12.5 Å². The summed E-state index contributed by atoms with van der Waals surface area (Å²) in [7, 11) is 0. The first-order valence-corrected chi connectivity index (χ1v) is 5.85. The Bertz CT molecular complexity index is 373. The second-order valence-corrected chi connectivity index (χ2v) is 4.22. The van der Waals surface area contributed by atoms with Gasteiger partial charge in [-0.3, -0.25) is 4.79 Å². The Morgan fingerprint density at radius 1 is 1.65 bits per heavy atom. The summed E-state index contributed by atoms with van der Waals surface area (Å²) in [6, 6.07) is 0.653. The van der Waals surface area contributed by atoms with Crippen LogP contribution in [-0.4, -0.2) is 35.2 Å². The molecule has 1 aliphatic rings. The van der Waals surface area contributed by atoms with Gasteiger partial charge in [-0.05, 0) is 12.8 Å². The lowest BCUT2D eigenvalue weighted by Gasteiger charge is -2.08. The second kappa shape index (κ2) is 5.79. The van der Waals surface area contributed by atoms with Crippen LogP contribution in [0.3, 0.4) is 0 Å². The normalized spacial score (nSPS) is 15.1. The summed E-state index contributed by atoms with van der Waals surface area (Å²) in [5, 5.41) is 3.25. The summed E-state index contributed by atoms with van der Waals surface area (Å²) in [4.78, 5) is 14.6. The van der Waals surface area contributed by atoms with E-state index in [2.05, 4.69) is 14.9 Å². The van der Waals surface area contributed by atoms with E-state index >= 15 is 0 Å². The number of primary amides is 1. The van der Waals surface area contributed by atoms with Crippen molar-refractivity contribution in [2.75, 3.05) is 19.8 Å². The van der Waals surface area contributed by atoms with Gasteiger partial charge in [-0.15, -0.1) is 0 Å². The van der Waals surface area contributed by atoms with Crippen LogP contribution < -0.4 is 11.1 Å². The molecule has 0 aliphatic heterocycles. The third-order valence-electron chi connectivity index (χ3n) is 2.66. The molecule has 1 heterocycles. The highest BCUT2D eigenvalue weighted by Crippen LogP contribution is 2.35. The molecule has 3 N–H and O–H groups in total. The molecule has 1 fully saturated rings. The molecule has 0 unspecified atom stereocenters. The van der Waals surface area contributed by atoms with Crippen LogP contribution in [0.15, 0.2) is 12.5 Å². The molecule has 0 saturated heterocycles. The van der Waals surface area contributed by atoms with E-state index < -0.39 is 5.91 Å². The molecule has 0 spiro atoms. The first-order valence-electron chi connectivity index (χ1n) is 5.85. The monoisotopic (exact) mass is 238 g/mol. The molecule has 0 atom stereocenters. The lowest BCUT2D eigenvalue weighted by atomic mass is 10.4. The molecular weight excluding hydrogens is 220 g/mol. The maximum Gasteiger partial charge on any atom is 0.243 e. The summed E-state index contributed by atoms with van der Waals surface area (Å²) in [6.45, 7) is 1.95. The van der Waals surface area contributed by atoms with Crippen molar-refractivity contribution in [2.45, 2.75) is 25.4 Å². The van der Waals surface area contributed by atoms with Crippen LogP contribution in [0.25, 0.3) is 0 Å². The van der Waals surface area contributed by atoms with Crippen molar-refractivity contribution in [3.8, 4) is 0 Å². The van der Waals surface area contributed by atoms with E-state index in [0.717, 1.165) is 6.54 Å². The minimum Gasteiger partial charge on any atom is -0.370 e. The van der Waals surface area contributed by atoms with E-state index in [1.54, 1.807) is 0 Å². The third kappa shape index (κ3) is 3.83. The number of nitrogens with zero attached hydrogens (tertiary/aromatic N) is 2. The van der Waals surface area contributed by atoms with Crippen molar-refractivity contribution in [1.29, 1.82) is 0 Å². The fourth-order valence-corrected chi connectivity index (χ4v) is 1.68. The number of carbonyl (C=O) groups is 1. The molecule has 1 aromatic rings. The van der Waals surface area contributed by atoms with E-state index in [1.165, 1.54) is 18.5 Å². The van der Waals surface area contributed by atoms with E-state index in [4.69, 9.17) is 10.5 Å². The summed E-state index contributed by atoms with van der Waals surface area (Å²) in [6.07, 6.45) is 6.28. The molecule has 2 rings (SSSR count). The Balaban J connectivity index is 1.61. The number of carbonyl (C=O) groups excluding carboxylic acids is 1. The lowest BCUT2D eigenvalue weighted by molar-refractivity contribution is -0.122. The Kier molecular flexibility index (Phi) is 4.11. The molecule has 1 saturated carbocycles. The Hall–Kier alpha value is -1.40. The van der Waals surface area contributed by atoms with Gasteiger partial charge >= 0.3 is 0 Å². The molecule has 1 aromatic heterocycles. The van der Waals surface area contributed by atoms with E-state index in [0.29, 0.717) is 19.2 Å². The number of rotatable bonds is 8. The number of aromatic nitrogens is 2. The van der Waals surface area contributed by atoms with Crippen LogP contribution in [0.2, 0.25) is 0 Å². The van der Waals surface area contributed by atoms with E-state index in [-0.39, 0.29) is 6.61 Å². The molecule has 0 radical (unpaired) electrons. The number of hydrogen-bond acceptors (Lipinski definition) is 4. The molecule has 0 bridgehead atoms. The molecule has 6 heteroatoms. The van der Waals surface area contributed by atoms with Crippen LogP contribution in [0.4, 0.5) is 0 Å². The summed E-state index contributed by atoms with van der Waals surface area (Å²) in [5.74, 6) is -0.434. The van der Waals surface area contributed by atoms with Gasteiger partial charge in [0.1, 0.15) is 6.61 Å². The highest BCUT2D eigenvalue weighted by molar-refractivity contribution is 5.74. The Labute approximate surface area is 100 Å². The average Bonchev–Trinajstić information content (AvgIpc) is 3.03. The molecule has 6 nitrogen and oxygen atoms in total. The lowest BCUT2D eigenvalue weighted by Crippen LogP contribution is -2.24. The van der Waals surface area contributed by atoms with Gasteiger partial charge in [0.25, 0.3) is 0 Å². The SMILES string of the molecule is NC(=O)COCCNCc1cncn1C1CC1. The van der Waals surface area contributed by atoms with Crippen LogP contribution in [0.1, 0.15) is 24.6 Å². The maximum absolute atomic E-state index is 10.4. The minimum absolute atomic E-state index is 0.0122. The number of nitrogens with one attached hydrogen (secondary N) is 1. The number of ether oxygens (including phenoxy) is 1. The van der Waals surface area contributed by atoms with Crippen LogP contribution >= 0.6 is 0 Å². The number of amides is 1. The Morgan fingerprint density at radius 2 is 2.47 bits per heavy atom. The molecule has 1 aliphatic carbocycles. The maximum atomic E-state index is 10.4. The fourth-order valence-electron chi connectivity index (χ4n) is 1.68. The predicted octanol–water partition coefficient (Wildman–Crippen LogP) is -0.191. The van der Waals surface area contributed by atoms with Crippen molar-refractivity contribution >= 4 is 5.91 Å². The van der Waals surface area contributed by atoms with Gasteiger partial charge in [-0.2, -0.15) is 0 Å². The minimum atomic E-state index is -0.434. The van der Waals surface area contributed by atoms with Crippen molar-refractivity contribution in [3.05, 3.63) is 18.2 Å². The third-order valence-corrected chi connectivity index (χ3v) is 2.66.